The van der Waals surface area contributed by atoms with Crippen LogP contribution in [0.5, 0.6) is 0 Å². The molecule has 1 aromatic rings. The molecule has 2 rings (SSSR count). The zero-order valence-corrected chi connectivity index (χ0v) is 16.6. The number of hydrogen-bond acceptors (Lipinski definition) is 4. The molecule has 1 N–H and O–H groups in total. The van der Waals surface area contributed by atoms with Gasteiger partial charge in [-0.05, 0) is 48.3 Å². The molecule has 0 amide bonds. The highest BCUT2D eigenvalue weighted by Crippen LogP contribution is 2.29. The minimum absolute atomic E-state index is 0.0521. The van der Waals surface area contributed by atoms with Crippen LogP contribution in [0, 0.1) is 19.8 Å². The van der Waals surface area contributed by atoms with Gasteiger partial charge >= 0.3 is 0 Å². The summed E-state index contributed by atoms with van der Waals surface area (Å²) in [4.78, 5) is 0.302. The summed E-state index contributed by atoms with van der Waals surface area (Å²) in [6.45, 7) is 10.0. The third-order valence-electron chi connectivity index (χ3n) is 4.48. The summed E-state index contributed by atoms with van der Waals surface area (Å²) in [5.74, 6) is 0.0768. The predicted molar refractivity (Wildman–Crippen MR) is 96.6 cm³/mol. The quantitative estimate of drug-likeness (QED) is 0.878. The molecule has 1 unspecified atom stereocenters. The first-order valence-corrected chi connectivity index (χ1v) is 11.4. The Bertz CT molecular complexity index is 811. The van der Waals surface area contributed by atoms with Crippen molar-refractivity contribution in [3.8, 4) is 0 Å². The molecule has 0 spiro atoms. The molecule has 0 bridgehead atoms. The van der Waals surface area contributed by atoms with Crippen LogP contribution in [0.4, 0.5) is 0 Å². The number of sulfonamides is 1. The molecule has 24 heavy (non-hydrogen) atoms. The average molecular weight is 374 g/mol. The summed E-state index contributed by atoms with van der Waals surface area (Å²) in [6.07, 6.45) is 0.520. The van der Waals surface area contributed by atoms with E-state index in [1.807, 2.05) is 12.1 Å². The fraction of sp³-hybridized carbons (Fsp3) is 0.647. The maximum absolute atomic E-state index is 12.7. The molecule has 0 aliphatic carbocycles. The van der Waals surface area contributed by atoms with Gasteiger partial charge in [-0.25, -0.2) is 21.6 Å². The first kappa shape index (κ1) is 19.4. The van der Waals surface area contributed by atoms with Crippen molar-refractivity contribution in [2.24, 2.45) is 5.92 Å². The number of benzene rings is 1. The molecule has 7 heteroatoms. The van der Waals surface area contributed by atoms with Crippen molar-refractivity contribution in [2.45, 2.75) is 51.3 Å². The van der Waals surface area contributed by atoms with Crippen molar-refractivity contribution in [1.82, 2.24) is 4.72 Å². The standard InChI is InChI=1S/C17H27NO4S2/c1-12-8-15(17(3,4)5)9-13(2)16(12)24(21,22)18-10-14-6-7-23(19,20)11-14/h8-9,14,18H,6-7,10-11H2,1-5H3. The largest absolute Gasteiger partial charge is 0.241 e. The third kappa shape index (κ3) is 4.37. The van der Waals surface area contributed by atoms with Crippen LogP contribution in [0.2, 0.25) is 0 Å². The van der Waals surface area contributed by atoms with Gasteiger partial charge in [0.05, 0.1) is 16.4 Å². The van der Waals surface area contributed by atoms with Gasteiger partial charge in [0.15, 0.2) is 9.84 Å². The van der Waals surface area contributed by atoms with Gasteiger partial charge in [0.2, 0.25) is 10.0 Å². The molecule has 1 aliphatic rings. The molecule has 1 heterocycles. The third-order valence-corrected chi connectivity index (χ3v) is 8.05. The van der Waals surface area contributed by atoms with Crippen LogP contribution in [0.15, 0.2) is 17.0 Å². The lowest BCUT2D eigenvalue weighted by Crippen LogP contribution is -2.31. The molecular weight excluding hydrogens is 346 g/mol. The summed E-state index contributed by atoms with van der Waals surface area (Å²) in [5.41, 5.74) is 2.47. The molecule has 1 atom stereocenters. The smallest absolute Gasteiger partial charge is 0.229 e. The second kappa shape index (κ2) is 6.42. The van der Waals surface area contributed by atoms with E-state index in [1.165, 1.54) is 0 Å². The highest BCUT2D eigenvalue weighted by Gasteiger charge is 2.30. The molecule has 136 valence electrons. The summed E-state index contributed by atoms with van der Waals surface area (Å²) in [5, 5.41) is 0. The Labute approximate surface area is 145 Å². The van der Waals surface area contributed by atoms with Crippen LogP contribution in [0.1, 0.15) is 43.9 Å². The Morgan fingerprint density at radius 1 is 1.17 bits per heavy atom. The first-order chi connectivity index (χ1) is 10.8. The number of rotatable bonds is 4. The van der Waals surface area contributed by atoms with E-state index in [9.17, 15) is 16.8 Å². The molecule has 0 radical (unpaired) electrons. The number of aryl methyl sites for hydroxylation is 2. The highest BCUT2D eigenvalue weighted by atomic mass is 32.2. The minimum Gasteiger partial charge on any atom is -0.229 e. The summed E-state index contributed by atoms with van der Waals surface area (Å²) >= 11 is 0. The second-order valence-electron chi connectivity index (χ2n) is 7.81. The van der Waals surface area contributed by atoms with E-state index in [-0.39, 0.29) is 29.4 Å². The van der Waals surface area contributed by atoms with E-state index in [0.29, 0.717) is 22.4 Å². The maximum atomic E-state index is 12.7. The topological polar surface area (TPSA) is 80.3 Å². The van der Waals surface area contributed by atoms with Gasteiger partial charge < -0.3 is 0 Å². The molecule has 1 aromatic carbocycles. The van der Waals surface area contributed by atoms with E-state index < -0.39 is 19.9 Å². The second-order valence-corrected chi connectivity index (χ2v) is 11.7. The van der Waals surface area contributed by atoms with Gasteiger partial charge in [-0.15, -0.1) is 0 Å². The fourth-order valence-electron chi connectivity index (χ4n) is 3.14. The van der Waals surface area contributed by atoms with E-state index in [0.717, 1.165) is 5.56 Å². The van der Waals surface area contributed by atoms with E-state index in [4.69, 9.17) is 0 Å². The molecule has 5 nitrogen and oxygen atoms in total. The molecule has 1 fully saturated rings. The Hall–Kier alpha value is -0.920. The van der Waals surface area contributed by atoms with Crippen LogP contribution < -0.4 is 4.72 Å². The SMILES string of the molecule is Cc1cc(C(C)(C)C)cc(C)c1S(=O)(=O)NCC1CCS(=O)(=O)C1. The van der Waals surface area contributed by atoms with E-state index in [1.54, 1.807) is 13.8 Å². The number of hydrogen-bond donors (Lipinski definition) is 1. The predicted octanol–water partition coefficient (Wildman–Crippen LogP) is 2.31. The van der Waals surface area contributed by atoms with Crippen LogP contribution >= 0.6 is 0 Å². The number of sulfone groups is 1. The molecule has 1 saturated heterocycles. The molecule has 0 saturated carbocycles. The van der Waals surface area contributed by atoms with Gasteiger partial charge in [0.1, 0.15) is 0 Å². The van der Waals surface area contributed by atoms with Gasteiger partial charge in [-0.2, -0.15) is 0 Å². The van der Waals surface area contributed by atoms with E-state index in [2.05, 4.69) is 25.5 Å². The Morgan fingerprint density at radius 2 is 1.71 bits per heavy atom. The van der Waals surface area contributed by atoms with Crippen molar-refractivity contribution in [2.75, 3.05) is 18.1 Å². The molecule has 0 aromatic heterocycles. The number of nitrogens with one attached hydrogen (secondary N) is 1. The van der Waals surface area contributed by atoms with Crippen molar-refractivity contribution in [3.05, 3.63) is 28.8 Å². The summed E-state index contributed by atoms with van der Waals surface area (Å²) < 4.78 is 51.0. The monoisotopic (exact) mass is 373 g/mol. The van der Waals surface area contributed by atoms with Gasteiger partial charge in [-0.3, -0.25) is 0 Å². The fourth-order valence-corrected chi connectivity index (χ4v) is 6.57. The maximum Gasteiger partial charge on any atom is 0.241 e. The van der Waals surface area contributed by atoms with Crippen LogP contribution in [0.25, 0.3) is 0 Å². The highest BCUT2D eigenvalue weighted by molar-refractivity contribution is 7.91. The first-order valence-electron chi connectivity index (χ1n) is 8.14. The average Bonchev–Trinajstić information content (AvgIpc) is 2.74. The van der Waals surface area contributed by atoms with Gasteiger partial charge in [0, 0.05) is 6.54 Å². The zero-order valence-electron chi connectivity index (χ0n) is 15.0. The minimum atomic E-state index is -3.65. The summed E-state index contributed by atoms with van der Waals surface area (Å²) in [7, 11) is -6.65. The van der Waals surface area contributed by atoms with Crippen LogP contribution in [-0.2, 0) is 25.3 Å². The lowest BCUT2D eigenvalue weighted by molar-refractivity contribution is 0.542. The lowest BCUT2D eigenvalue weighted by atomic mass is 9.85. The van der Waals surface area contributed by atoms with Crippen molar-refractivity contribution in [3.63, 3.8) is 0 Å². The van der Waals surface area contributed by atoms with Crippen LogP contribution in [0.3, 0.4) is 0 Å². The Kier molecular flexibility index (Phi) is 5.19. The van der Waals surface area contributed by atoms with Crippen LogP contribution in [-0.4, -0.2) is 34.9 Å². The summed E-state index contributed by atoms with van der Waals surface area (Å²) in [6, 6.07) is 3.84. The Balaban J connectivity index is 2.24. The van der Waals surface area contributed by atoms with Crippen molar-refractivity contribution >= 4 is 19.9 Å². The Morgan fingerprint density at radius 3 is 2.12 bits per heavy atom. The molecular formula is C17H27NO4S2. The van der Waals surface area contributed by atoms with Gasteiger partial charge in [0.25, 0.3) is 0 Å². The van der Waals surface area contributed by atoms with Crippen molar-refractivity contribution in [1.29, 1.82) is 0 Å². The lowest BCUT2D eigenvalue weighted by Gasteiger charge is -2.22. The van der Waals surface area contributed by atoms with Gasteiger partial charge in [-0.1, -0.05) is 32.9 Å². The normalized spacial score (nSPS) is 21.1. The van der Waals surface area contributed by atoms with E-state index >= 15 is 0 Å². The zero-order chi connectivity index (χ0) is 18.3. The van der Waals surface area contributed by atoms with Crippen molar-refractivity contribution < 1.29 is 16.8 Å². The molecule has 1 aliphatic heterocycles.